The number of carbonyl (C=O) groups is 1. The summed E-state index contributed by atoms with van der Waals surface area (Å²) in [6, 6.07) is 10.3. The second-order valence-corrected chi connectivity index (χ2v) is 5.20. The minimum absolute atomic E-state index is 0. The summed E-state index contributed by atoms with van der Waals surface area (Å²) in [7, 11) is 0. The van der Waals surface area contributed by atoms with Crippen molar-refractivity contribution in [1.82, 2.24) is 4.90 Å². The molecule has 1 aromatic rings. The number of carbonyl (C=O) groups excluding carboxylic acids is 1. The Morgan fingerprint density at radius 1 is 1.22 bits per heavy atom. The van der Waals surface area contributed by atoms with Crippen LogP contribution in [0.15, 0.2) is 30.3 Å². The van der Waals surface area contributed by atoms with Gasteiger partial charge in [-0.25, -0.2) is 0 Å². The smallest absolute Gasteiger partial charge is 0.240 e. The molecule has 3 nitrogen and oxygen atoms in total. The lowest BCUT2D eigenvalue weighted by Gasteiger charge is -2.36. The van der Waals surface area contributed by atoms with Crippen molar-refractivity contribution in [3.05, 3.63) is 35.9 Å². The van der Waals surface area contributed by atoms with Crippen molar-refractivity contribution in [1.29, 1.82) is 0 Å². The molecule has 1 saturated heterocycles. The molecule has 3 unspecified atom stereocenters. The first-order valence-corrected chi connectivity index (χ1v) is 6.35. The molecule has 1 amide bonds. The average molecular weight is 267 g/mol. The number of halogens is 1. The highest BCUT2D eigenvalue weighted by Gasteiger charge is 2.43. The predicted molar refractivity (Wildman–Crippen MR) is 73.3 cm³/mol. The number of piperidine rings is 1. The maximum Gasteiger partial charge on any atom is 0.240 e. The first kappa shape index (κ1) is 13.4. The summed E-state index contributed by atoms with van der Waals surface area (Å²) in [5, 5.41) is 0. The predicted octanol–water partition coefficient (Wildman–Crippen LogP) is 1.95. The van der Waals surface area contributed by atoms with E-state index in [1.54, 1.807) is 0 Å². The van der Waals surface area contributed by atoms with Crippen LogP contribution in [0, 0.1) is 5.92 Å². The maximum atomic E-state index is 12.2. The Morgan fingerprint density at radius 2 is 1.94 bits per heavy atom. The fourth-order valence-corrected chi connectivity index (χ4v) is 3.16. The molecule has 1 aliphatic carbocycles. The molecule has 18 heavy (non-hydrogen) atoms. The zero-order valence-electron chi connectivity index (χ0n) is 10.3. The van der Waals surface area contributed by atoms with Gasteiger partial charge in [-0.2, -0.15) is 0 Å². The molecule has 2 fully saturated rings. The SMILES string of the molecule is Cl.NC1C(=O)N(Cc2ccccc2)C2CCC1C2. The molecular weight excluding hydrogens is 248 g/mol. The van der Waals surface area contributed by atoms with Gasteiger partial charge in [0.1, 0.15) is 0 Å². The van der Waals surface area contributed by atoms with Gasteiger partial charge in [-0.1, -0.05) is 30.3 Å². The van der Waals surface area contributed by atoms with Gasteiger partial charge in [0.2, 0.25) is 5.91 Å². The Bertz CT molecular complexity index is 423. The second kappa shape index (κ2) is 5.29. The Balaban J connectivity index is 0.00000120. The number of nitrogens with two attached hydrogens (primary N) is 1. The Kier molecular flexibility index (Phi) is 3.93. The molecule has 4 heteroatoms. The van der Waals surface area contributed by atoms with Crippen LogP contribution in [0.5, 0.6) is 0 Å². The fraction of sp³-hybridized carbons (Fsp3) is 0.500. The van der Waals surface area contributed by atoms with Gasteiger partial charge in [0, 0.05) is 12.6 Å². The van der Waals surface area contributed by atoms with E-state index in [2.05, 4.69) is 12.1 Å². The third-order valence-electron chi connectivity index (χ3n) is 4.16. The standard InChI is InChI=1S/C14H18N2O.ClH/c15-13-11-6-7-12(8-11)16(14(13)17)9-10-4-2-1-3-5-10;/h1-5,11-13H,6-9,15H2;1H. The Labute approximate surface area is 114 Å². The Morgan fingerprint density at radius 3 is 2.67 bits per heavy atom. The van der Waals surface area contributed by atoms with Crippen LogP contribution < -0.4 is 5.73 Å². The molecule has 98 valence electrons. The second-order valence-electron chi connectivity index (χ2n) is 5.20. The van der Waals surface area contributed by atoms with Crippen molar-refractivity contribution in [3.8, 4) is 0 Å². The molecule has 2 bridgehead atoms. The lowest BCUT2D eigenvalue weighted by molar-refractivity contribution is -0.139. The first-order chi connectivity index (χ1) is 8.25. The van der Waals surface area contributed by atoms with Crippen LogP contribution >= 0.6 is 12.4 Å². The number of fused-ring (bicyclic) bond motifs is 2. The third kappa shape index (κ3) is 2.25. The highest BCUT2D eigenvalue weighted by atomic mass is 35.5. The van der Waals surface area contributed by atoms with E-state index in [4.69, 9.17) is 5.73 Å². The van der Waals surface area contributed by atoms with E-state index in [-0.39, 0.29) is 24.4 Å². The molecule has 2 N–H and O–H groups in total. The largest absolute Gasteiger partial charge is 0.334 e. The van der Waals surface area contributed by atoms with Gasteiger partial charge in [-0.05, 0) is 30.7 Å². The lowest BCUT2D eigenvalue weighted by atomic mass is 9.93. The van der Waals surface area contributed by atoms with Crippen LogP contribution in [0.25, 0.3) is 0 Å². The van der Waals surface area contributed by atoms with E-state index in [0.29, 0.717) is 18.5 Å². The van der Waals surface area contributed by atoms with Crippen molar-refractivity contribution in [2.45, 2.75) is 37.9 Å². The van der Waals surface area contributed by atoms with Crippen LogP contribution in [0.1, 0.15) is 24.8 Å². The molecule has 0 aromatic heterocycles. The van der Waals surface area contributed by atoms with E-state index in [9.17, 15) is 4.79 Å². The van der Waals surface area contributed by atoms with Crippen molar-refractivity contribution < 1.29 is 4.79 Å². The molecule has 3 atom stereocenters. The van der Waals surface area contributed by atoms with Gasteiger partial charge < -0.3 is 10.6 Å². The molecule has 1 aromatic carbocycles. The molecule has 3 rings (SSSR count). The van der Waals surface area contributed by atoms with E-state index in [1.807, 2.05) is 23.1 Å². The van der Waals surface area contributed by atoms with Crippen molar-refractivity contribution in [2.75, 3.05) is 0 Å². The molecule has 1 saturated carbocycles. The van der Waals surface area contributed by atoms with Crippen LogP contribution in [0.4, 0.5) is 0 Å². The lowest BCUT2D eigenvalue weighted by Crippen LogP contribution is -2.53. The van der Waals surface area contributed by atoms with Gasteiger partial charge in [-0.3, -0.25) is 4.79 Å². The number of hydrogen-bond donors (Lipinski definition) is 1. The van der Waals surface area contributed by atoms with Crippen molar-refractivity contribution in [3.63, 3.8) is 0 Å². The topological polar surface area (TPSA) is 46.3 Å². The summed E-state index contributed by atoms with van der Waals surface area (Å²) in [4.78, 5) is 14.2. The first-order valence-electron chi connectivity index (χ1n) is 6.35. The highest BCUT2D eigenvalue weighted by molar-refractivity contribution is 5.85. The van der Waals surface area contributed by atoms with Crippen molar-refractivity contribution >= 4 is 18.3 Å². The summed E-state index contributed by atoms with van der Waals surface area (Å²) < 4.78 is 0. The molecule has 1 aliphatic heterocycles. The summed E-state index contributed by atoms with van der Waals surface area (Å²) >= 11 is 0. The molecule has 0 radical (unpaired) electrons. The molecule has 2 aliphatic rings. The number of likely N-dealkylation sites (tertiary alicyclic amines) is 1. The van der Waals surface area contributed by atoms with Gasteiger partial charge in [0.05, 0.1) is 6.04 Å². The van der Waals surface area contributed by atoms with Crippen molar-refractivity contribution in [2.24, 2.45) is 11.7 Å². The minimum Gasteiger partial charge on any atom is -0.334 e. The minimum atomic E-state index is -0.266. The summed E-state index contributed by atoms with van der Waals surface area (Å²) in [5.74, 6) is 0.576. The quantitative estimate of drug-likeness (QED) is 0.889. The monoisotopic (exact) mass is 266 g/mol. The number of hydrogen-bond acceptors (Lipinski definition) is 2. The number of rotatable bonds is 2. The number of nitrogens with zero attached hydrogens (tertiary/aromatic N) is 1. The average Bonchev–Trinajstić information content (AvgIpc) is 2.80. The van der Waals surface area contributed by atoms with Crippen LogP contribution in [-0.4, -0.2) is 22.9 Å². The van der Waals surface area contributed by atoms with E-state index in [0.717, 1.165) is 19.3 Å². The van der Waals surface area contributed by atoms with Gasteiger partial charge in [0.25, 0.3) is 0 Å². The van der Waals surface area contributed by atoms with Crippen LogP contribution in [-0.2, 0) is 11.3 Å². The summed E-state index contributed by atoms with van der Waals surface area (Å²) in [6.07, 6.45) is 3.33. The normalized spacial score (nSPS) is 30.2. The number of amides is 1. The van der Waals surface area contributed by atoms with E-state index in [1.165, 1.54) is 5.56 Å². The van der Waals surface area contributed by atoms with Crippen LogP contribution in [0.2, 0.25) is 0 Å². The molecule has 1 heterocycles. The van der Waals surface area contributed by atoms with E-state index >= 15 is 0 Å². The fourth-order valence-electron chi connectivity index (χ4n) is 3.16. The van der Waals surface area contributed by atoms with Crippen LogP contribution in [0.3, 0.4) is 0 Å². The number of benzene rings is 1. The maximum absolute atomic E-state index is 12.2. The third-order valence-corrected chi connectivity index (χ3v) is 4.16. The molecule has 0 spiro atoms. The Hall–Kier alpha value is -1.06. The summed E-state index contributed by atoms with van der Waals surface area (Å²) in [5.41, 5.74) is 7.21. The highest BCUT2D eigenvalue weighted by Crippen LogP contribution is 2.37. The van der Waals surface area contributed by atoms with Gasteiger partial charge in [-0.15, -0.1) is 12.4 Å². The zero-order valence-corrected chi connectivity index (χ0v) is 11.1. The zero-order chi connectivity index (χ0) is 11.8. The summed E-state index contributed by atoms with van der Waals surface area (Å²) in [6.45, 7) is 0.713. The van der Waals surface area contributed by atoms with E-state index < -0.39 is 0 Å². The van der Waals surface area contributed by atoms with Gasteiger partial charge in [0.15, 0.2) is 0 Å². The van der Waals surface area contributed by atoms with Gasteiger partial charge >= 0.3 is 0 Å². The molecular formula is C14H19ClN2O.